The average Bonchev–Trinajstić information content (AvgIpc) is 2.06. The molecule has 0 aliphatic rings. The quantitative estimate of drug-likeness (QED) is 0.657. The molecule has 0 aliphatic carbocycles. The number of methoxy groups -OCH3 is 1. The number of hydrogen-bond donors (Lipinski definition) is 0. The summed E-state index contributed by atoms with van der Waals surface area (Å²) in [4.78, 5) is 8.23. The zero-order valence-electron chi connectivity index (χ0n) is 6.87. The largest absolute Gasteiger partial charge is 0.481 e. The van der Waals surface area contributed by atoms with E-state index in [0.717, 1.165) is 18.7 Å². The first-order valence-corrected chi connectivity index (χ1v) is 3.72. The molecule has 0 N–H and O–H groups in total. The van der Waals surface area contributed by atoms with Crippen molar-refractivity contribution in [2.45, 2.75) is 19.8 Å². The molecule has 0 saturated carbocycles. The third kappa shape index (κ3) is 2.18. The Labute approximate surface area is 66.4 Å². The van der Waals surface area contributed by atoms with Crippen molar-refractivity contribution in [1.29, 1.82) is 0 Å². The van der Waals surface area contributed by atoms with E-state index in [1.165, 1.54) is 0 Å². The highest BCUT2D eigenvalue weighted by molar-refractivity contribution is 5.07. The van der Waals surface area contributed by atoms with Gasteiger partial charge in [0.2, 0.25) is 5.88 Å². The maximum Gasteiger partial charge on any atom is 0.216 e. The van der Waals surface area contributed by atoms with Crippen molar-refractivity contribution in [3.05, 3.63) is 18.1 Å². The van der Waals surface area contributed by atoms with Gasteiger partial charge >= 0.3 is 0 Å². The van der Waals surface area contributed by atoms with Crippen LogP contribution < -0.4 is 4.74 Å². The van der Waals surface area contributed by atoms with E-state index >= 15 is 0 Å². The molecule has 0 bridgehead atoms. The smallest absolute Gasteiger partial charge is 0.216 e. The second-order valence-electron chi connectivity index (χ2n) is 2.27. The Morgan fingerprint density at radius 1 is 1.55 bits per heavy atom. The number of aromatic nitrogens is 2. The Morgan fingerprint density at radius 2 is 2.36 bits per heavy atom. The molecule has 60 valence electrons. The van der Waals surface area contributed by atoms with E-state index in [4.69, 9.17) is 4.74 Å². The van der Waals surface area contributed by atoms with Gasteiger partial charge in [0.05, 0.1) is 7.11 Å². The molecule has 0 aliphatic heterocycles. The van der Waals surface area contributed by atoms with E-state index < -0.39 is 0 Å². The molecule has 0 spiro atoms. The molecular formula is C8H12N2O. The molecule has 0 saturated heterocycles. The fraction of sp³-hybridized carbons (Fsp3) is 0.500. The summed E-state index contributed by atoms with van der Waals surface area (Å²) >= 11 is 0. The Hall–Kier alpha value is -1.12. The van der Waals surface area contributed by atoms with E-state index in [1.807, 2.05) is 0 Å². The van der Waals surface area contributed by atoms with E-state index in [9.17, 15) is 0 Å². The molecule has 0 atom stereocenters. The van der Waals surface area contributed by atoms with Crippen LogP contribution in [0.1, 0.15) is 19.2 Å². The first-order chi connectivity index (χ1) is 5.36. The van der Waals surface area contributed by atoms with Crippen LogP contribution in [0.4, 0.5) is 0 Å². The lowest BCUT2D eigenvalue weighted by molar-refractivity contribution is 0.394. The molecular weight excluding hydrogens is 140 g/mol. The van der Waals surface area contributed by atoms with Crippen molar-refractivity contribution in [2.75, 3.05) is 7.11 Å². The number of aryl methyl sites for hydroxylation is 1. The first-order valence-electron chi connectivity index (χ1n) is 3.72. The SMILES string of the molecule is CCCc1nccc(OC)n1. The van der Waals surface area contributed by atoms with Gasteiger partial charge in [0, 0.05) is 18.7 Å². The van der Waals surface area contributed by atoms with Crippen LogP contribution >= 0.6 is 0 Å². The summed E-state index contributed by atoms with van der Waals surface area (Å²) < 4.78 is 4.95. The van der Waals surface area contributed by atoms with Crippen molar-refractivity contribution >= 4 is 0 Å². The van der Waals surface area contributed by atoms with Crippen LogP contribution in [0.2, 0.25) is 0 Å². The van der Waals surface area contributed by atoms with Gasteiger partial charge in [-0.05, 0) is 6.42 Å². The summed E-state index contributed by atoms with van der Waals surface area (Å²) in [6.45, 7) is 2.10. The van der Waals surface area contributed by atoms with Crippen LogP contribution in [0.3, 0.4) is 0 Å². The van der Waals surface area contributed by atoms with Crippen molar-refractivity contribution < 1.29 is 4.74 Å². The van der Waals surface area contributed by atoms with Crippen molar-refractivity contribution in [3.63, 3.8) is 0 Å². The second kappa shape index (κ2) is 3.91. The molecule has 1 heterocycles. The summed E-state index contributed by atoms with van der Waals surface area (Å²) in [6, 6.07) is 1.75. The van der Waals surface area contributed by atoms with Gasteiger partial charge in [-0.15, -0.1) is 0 Å². The number of nitrogens with zero attached hydrogens (tertiary/aromatic N) is 2. The summed E-state index contributed by atoms with van der Waals surface area (Å²) in [7, 11) is 1.61. The molecule has 0 radical (unpaired) electrons. The molecule has 3 nitrogen and oxygen atoms in total. The summed E-state index contributed by atoms with van der Waals surface area (Å²) in [5.41, 5.74) is 0. The number of ether oxygens (including phenoxy) is 1. The average molecular weight is 152 g/mol. The molecule has 0 fully saturated rings. The van der Waals surface area contributed by atoms with Gasteiger partial charge in [0.25, 0.3) is 0 Å². The van der Waals surface area contributed by atoms with Gasteiger partial charge in [-0.2, -0.15) is 4.98 Å². The minimum atomic E-state index is 0.642. The van der Waals surface area contributed by atoms with Crippen LogP contribution in [0.25, 0.3) is 0 Å². The molecule has 0 unspecified atom stereocenters. The lowest BCUT2D eigenvalue weighted by Crippen LogP contribution is -1.95. The lowest BCUT2D eigenvalue weighted by Gasteiger charge is -1.99. The third-order valence-electron chi connectivity index (χ3n) is 1.36. The Bertz CT molecular complexity index is 225. The molecule has 1 aromatic rings. The second-order valence-corrected chi connectivity index (χ2v) is 2.27. The van der Waals surface area contributed by atoms with Gasteiger partial charge in [-0.1, -0.05) is 6.92 Å². The Morgan fingerprint density at radius 3 is 3.00 bits per heavy atom. The van der Waals surface area contributed by atoms with Gasteiger partial charge in [-0.3, -0.25) is 0 Å². The Balaban J connectivity index is 2.74. The molecule has 1 rings (SSSR count). The Kier molecular flexibility index (Phi) is 2.83. The van der Waals surface area contributed by atoms with E-state index in [-0.39, 0.29) is 0 Å². The maximum absolute atomic E-state index is 4.95. The zero-order chi connectivity index (χ0) is 8.10. The third-order valence-corrected chi connectivity index (χ3v) is 1.36. The summed E-state index contributed by atoms with van der Waals surface area (Å²) in [6.07, 6.45) is 3.70. The summed E-state index contributed by atoms with van der Waals surface area (Å²) in [5.74, 6) is 1.50. The topological polar surface area (TPSA) is 35.0 Å². The number of hydrogen-bond acceptors (Lipinski definition) is 3. The molecule has 11 heavy (non-hydrogen) atoms. The van der Waals surface area contributed by atoms with Gasteiger partial charge in [0.1, 0.15) is 5.82 Å². The lowest BCUT2D eigenvalue weighted by atomic mass is 10.3. The minimum Gasteiger partial charge on any atom is -0.481 e. The predicted molar refractivity (Wildman–Crippen MR) is 42.6 cm³/mol. The number of rotatable bonds is 3. The molecule has 3 heteroatoms. The molecule has 0 amide bonds. The van der Waals surface area contributed by atoms with E-state index in [2.05, 4.69) is 16.9 Å². The zero-order valence-corrected chi connectivity index (χ0v) is 6.87. The highest BCUT2D eigenvalue weighted by Crippen LogP contribution is 2.04. The monoisotopic (exact) mass is 152 g/mol. The molecule has 0 aromatic carbocycles. The van der Waals surface area contributed by atoms with Crippen molar-refractivity contribution in [2.24, 2.45) is 0 Å². The highest BCUT2D eigenvalue weighted by Gasteiger charge is 1.95. The fourth-order valence-corrected chi connectivity index (χ4v) is 0.838. The van der Waals surface area contributed by atoms with Crippen molar-refractivity contribution in [3.8, 4) is 5.88 Å². The normalized spacial score (nSPS) is 9.64. The van der Waals surface area contributed by atoms with Crippen LogP contribution in [0.15, 0.2) is 12.3 Å². The fourth-order valence-electron chi connectivity index (χ4n) is 0.838. The van der Waals surface area contributed by atoms with Crippen LogP contribution in [0, 0.1) is 0 Å². The maximum atomic E-state index is 4.95. The first kappa shape index (κ1) is 7.98. The van der Waals surface area contributed by atoms with Crippen LogP contribution in [-0.2, 0) is 6.42 Å². The van der Waals surface area contributed by atoms with Gasteiger partial charge in [-0.25, -0.2) is 4.98 Å². The van der Waals surface area contributed by atoms with Crippen LogP contribution in [0.5, 0.6) is 5.88 Å². The summed E-state index contributed by atoms with van der Waals surface area (Å²) in [5, 5.41) is 0. The van der Waals surface area contributed by atoms with Crippen molar-refractivity contribution in [1.82, 2.24) is 9.97 Å². The van der Waals surface area contributed by atoms with Crippen LogP contribution in [-0.4, -0.2) is 17.1 Å². The minimum absolute atomic E-state index is 0.642. The predicted octanol–water partition coefficient (Wildman–Crippen LogP) is 1.44. The highest BCUT2D eigenvalue weighted by atomic mass is 16.5. The van der Waals surface area contributed by atoms with E-state index in [0.29, 0.717) is 5.88 Å². The van der Waals surface area contributed by atoms with Gasteiger partial charge in [0.15, 0.2) is 0 Å². The van der Waals surface area contributed by atoms with E-state index in [1.54, 1.807) is 19.4 Å². The molecule has 1 aromatic heterocycles. The standard InChI is InChI=1S/C8H12N2O/c1-3-4-7-9-6-5-8(10-7)11-2/h5-6H,3-4H2,1-2H3. The van der Waals surface area contributed by atoms with Gasteiger partial charge < -0.3 is 4.74 Å².